The van der Waals surface area contributed by atoms with Crippen LogP contribution in [0.25, 0.3) is 16.9 Å². The number of rotatable bonds is 7. The largest absolute Gasteiger partial charge is 0.433 e. The SMILES string of the molecule is COP(=O)(Nc1cc(-n2c(C)nc3ccc(F)cc32)nc(Nc2ccc(C)cc2)n1)OC. The lowest BCUT2D eigenvalue weighted by Gasteiger charge is -2.17. The number of nitrogens with one attached hydrogen (secondary N) is 2. The Labute approximate surface area is 184 Å². The first-order valence-corrected chi connectivity index (χ1v) is 11.2. The molecule has 0 aliphatic heterocycles. The lowest BCUT2D eigenvalue weighted by atomic mass is 10.2. The van der Waals surface area contributed by atoms with E-state index in [-0.39, 0.29) is 11.8 Å². The number of hydrogen-bond acceptors (Lipinski definition) is 7. The molecule has 0 fully saturated rings. The van der Waals surface area contributed by atoms with Gasteiger partial charge in [-0.25, -0.2) is 13.9 Å². The summed E-state index contributed by atoms with van der Waals surface area (Å²) in [6.45, 7) is 3.78. The number of aryl methyl sites for hydroxylation is 2. The molecule has 0 amide bonds. The highest BCUT2D eigenvalue weighted by molar-refractivity contribution is 7.55. The average Bonchev–Trinajstić information content (AvgIpc) is 3.10. The van der Waals surface area contributed by atoms with E-state index in [0.717, 1.165) is 11.3 Å². The second-order valence-electron chi connectivity index (χ2n) is 7.03. The summed E-state index contributed by atoms with van der Waals surface area (Å²) in [7, 11) is -1.10. The second-order valence-corrected chi connectivity index (χ2v) is 8.98. The summed E-state index contributed by atoms with van der Waals surface area (Å²) in [4.78, 5) is 13.5. The smallest absolute Gasteiger partial charge is 0.324 e. The maximum atomic E-state index is 14.0. The number of aromatic nitrogens is 4. The van der Waals surface area contributed by atoms with Crippen molar-refractivity contribution < 1.29 is 18.0 Å². The van der Waals surface area contributed by atoms with Crippen molar-refractivity contribution in [2.45, 2.75) is 13.8 Å². The molecule has 0 aliphatic rings. The average molecular weight is 456 g/mol. The Morgan fingerprint density at radius 2 is 1.69 bits per heavy atom. The Kier molecular flexibility index (Phi) is 5.92. The van der Waals surface area contributed by atoms with Crippen molar-refractivity contribution in [3.8, 4) is 5.82 Å². The molecule has 2 aromatic heterocycles. The third kappa shape index (κ3) is 4.47. The van der Waals surface area contributed by atoms with E-state index in [1.54, 1.807) is 23.6 Å². The molecule has 2 aromatic carbocycles. The molecule has 32 heavy (non-hydrogen) atoms. The molecule has 4 aromatic rings. The fraction of sp³-hybridized carbons (Fsp3) is 0.190. The predicted molar refractivity (Wildman–Crippen MR) is 121 cm³/mol. The van der Waals surface area contributed by atoms with Gasteiger partial charge >= 0.3 is 7.75 Å². The summed E-state index contributed by atoms with van der Waals surface area (Å²) in [5.74, 6) is 1.01. The minimum absolute atomic E-state index is 0.189. The highest BCUT2D eigenvalue weighted by atomic mass is 31.2. The van der Waals surface area contributed by atoms with E-state index in [4.69, 9.17) is 9.05 Å². The summed E-state index contributed by atoms with van der Waals surface area (Å²) in [6.07, 6.45) is 0. The fourth-order valence-electron chi connectivity index (χ4n) is 3.19. The van der Waals surface area contributed by atoms with Crippen LogP contribution < -0.4 is 10.4 Å². The molecule has 9 nitrogen and oxygen atoms in total. The van der Waals surface area contributed by atoms with Gasteiger partial charge in [0.25, 0.3) is 0 Å². The number of halogens is 1. The normalized spacial score (nSPS) is 11.7. The Morgan fingerprint density at radius 3 is 2.38 bits per heavy atom. The molecule has 0 spiro atoms. The minimum atomic E-state index is -3.63. The van der Waals surface area contributed by atoms with Crippen molar-refractivity contribution in [2.75, 3.05) is 24.6 Å². The van der Waals surface area contributed by atoms with Gasteiger partial charge in [-0.15, -0.1) is 0 Å². The lowest BCUT2D eigenvalue weighted by molar-refractivity contribution is 0.281. The third-order valence-electron chi connectivity index (χ3n) is 4.77. The van der Waals surface area contributed by atoms with E-state index in [9.17, 15) is 8.96 Å². The quantitative estimate of drug-likeness (QED) is 0.369. The summed E-state index contributed by atoms with van der Waals surface area (Å²) < 4.78 is 38.3. The molecule has 2 heterocycles. The predicted octanol–water partition coefficient (Wildman–Crippen LogP) is 5.13. The van der Waals surface area contributed by atoms with Gasteiger partial charge in [0, 0.05) is 32.0 Å². The minimum Gasteiger partial charge on any atom is -0.324 e. The Hall–Kier alpha value is -3.33. The Morgan fingerprint density at radius 1 is 0.969 bits per heavy atom. The number of imidazole rings is 1. The molecule has 4 rings (SSSR count). The van der Waals surface area contributed by atoms with Gasteiger partial charge in [-0.1, -0.05) is 17.7 Å². The molecule has 0 bridgehead atoms. The summed E-state index contributed by atoms with van der Waals surface area (Å²) >= 11 is 0. The Bertz CT molecular complexity index is 1320. The molecule has 0 radical (unpaired) electrons. The van der Waals surface area contributed by atoms with Crippen molar-refractivity contribution in [1.82, 2.24) is 19.5 Å². The van der Waals surface area contributed by atoms with Crippen LogP contribution in [-0.2, 0) is 13.6 Å². The van der Waals surface area contributed by atoms with E-state index in [1.807, 2.05) is 31.2 Å². The first-order valence-electron chi connectivity index (χ1n) is 9.68. The van der Waals surface area contributed by atoms with E-state index in [0.29, 0.717) is 22.7 Å². The summed E-state index contributed by atoms with van der Waals surface area (Å²) in [5, 5.41) is 5.82. The van der Waals surface area contributed by atoms with Crippen LogP contribution in [-0.4, -0.2) is 33.7 Å². The van der Waals surface area contributed by atoms with Crippen LogP contribution >= 0.6 is 7.75 Å². The molecular weight excluding hydrogens is 434 g/mol. The summed E-state index contributed by atoms with van der Waals surface area (Å²) in [6, 6.07) is 13.6. The zero-order valence-electron chi connectivity index (χ0n) is 18.0. The van der Waals surface area contributed by atoms with Gasteiger partial charge in [-0.05, 0) is 38.1 Å². The number of nitrogens with zero attached hydrogens (tertiary/aromatic N) is 4. The van der Waals surface area contributed by atoms with Gasteiger partial charge in [-0.2, -0.15) is 9.97 Å². The molecule has 166 valence electrons. The van der Waals surface area contributed by atoms with E-state index in [1.165, 1.54) is 26.4 Å². The van der Waals surface area contributed by atoms with E-state index < -0.39 is 13.6 Å². The molecule has 0 aliphatic carbocycles. The number of anilines is 3. The van der Waals surface area contributed by atoms with Crippen LogP contribution in [0.5, 0.6) is 0 Å². The first-order chi connectivity index (χ1) is 15.3. The van der Waals surface area contributed by atoms with Crippen LogP contribution in [0.3, 0.4) is 0 Å². The first kappa shape index (κ1) is 21.9. The fourth-order valence-corrected chi connectivity index (χ4v) is 3.92. The van der Waals surface area contributed by atoms with Crippen LogP contribution in [0.4, 0.5) is 21.8 Å². The van der Waals surface area contributed by atoms with Gasteiger partial charge in [0.1, 0.15) is 23.3 Å². The van der Waals surface area contributed by atoms with Crippen molar-refractivity contribution in [1.29, 1.82) is 0 Å². The second kappa shape index (κ2) is 8.66. The van der Waals surface area contributed by atoms with Gasteiger partial charge in [0.05, 0.1) is 11.0 Å². The van der Waals surface area contributed by atoms with Crippen LogP contribution in [0, 0.1) is 19.7 Å². The maximum Gasteiger partial charge on any atom is 0.433 e. The molecule has 11 heteroatoms. The topological polar surface area (TPSA) is 103 Å². The zero-order chi connectivity index (χ0) is 22.9. The molecule has 2 N–H and O–H groups in total. The van der Waals surface area contributed by atoms with Crippen molar-refractivity contribution in [3.63, 3.8) is 0 Å². The van der Waals surface area contributed by atoms with Gasteiger partial charge in [0.2, 0.25) is 5.95 Å². The standard InChI is InChI=1S/C21H22FN6O3P/c1-13-5-8-16(9-6-13)24-21-25-19(27-32(29,30-3)31-4)12-20(26-21)28-14(2)23-17-10-7-15(22)11-18(17)28/h5-12H,1-4H3,(H2,24,25,26,27,29). The van der Waals surface area contributed by atoms with Crippen molar-refractivity contribution in [3.05, 3.63) is 65.7 Å². The van der Waals surface area contributed by atoms with Gasteiger partial charge in [-0.3, -0.25) is 18.7 Å². The molecule has 0 atom stereocenters. The van der Waals surface area contributed by atoms with Crippen molar-refractivity contribution >= 4 is 36.2 Å². The lowest BCUT2D eigenvalue weighted by Crippen LogP contribution is -2.09. The zero-order valence-corrected chi connectivity index (χ0v) is 18.9. The monoisotopic (exact) mass is 456 g/mol. The van der Waals surface area contributed by atoms with Crippen molar-refractivity contribution in [2.24, 2.45) is 0 Å². The number of benzene rings is 2. The van der Waals surface area contributed by atoms with E-state index >= 15 is 0 Å². The molecular formula is C21H22FN6O3P. The van der Waals surface area contributed by atoms with Crippen LogP contribution in [0.2, 0.25) is 0 Å². The van der Waals surface area contributed by atoms with Gasteiger partial charge < -0.3 is 5.32 Å². The number of hydrogen-bond donors (Lipinski definition) is 2. The summed E-state index contributed by atoms with van der Waals surface area (Å²) in [5.41, 5.74) is 3.02. The van der Waals surface area contributed by atoms with Crippen LogP contribution in [0.15, 0.2) is 48.5 Å². The third-order valence-corrected chi connectivity index (χ3v) is 6.23. The molecule has 0 unspecified atom stereocenters. The van der Waals surface area contributed by atoms with Crippen LogP contribution in [0.1, 0.15) is 11.4 Å². The highest BCUT2D eigenvalue weighted by Gasteiger charge is 2.23. The highest BCUT2D eigenvalue weighted by Crippen LogP contribution is 2.46. The van der Waals surface area contributed by atoms with Gasteiger partial charge in [0.15, 0.2) is 0 Å². The maximum absolute atomic E-state index is 14.0. The Balaban J connectivity index is 1.85. The number of fused-ring (bicyclic) bond motifs is 1. The molecule has 0 saturated heterocycles. The van der Waals surface area contributed by atoms with E-state index in [2.05, 4.69) is 25.4 Å². The molecule has 0 saturated carbocycles.